The standard InChI is InChI=1S/C20H28ClN3O2S/c1-14(2)20(26)22-16-6-10-23(11-7-16)8-3-9-24-17-5-4-15(21)12-18(17)27-13-19(24)25/h4-5,12,14,16H,3,6-11,13H2,1-2H3,(H,22,26). The van der Waals surface area contributed by atoms with Crippen molar-refractivity contribution >= 4 is 40.9 Å². The number of carbonyl (C=O) groups is 2. The van der Waals surface area contributed by atoms with Gasteiger partial charge in [-0.15, -0.1) is 11.8 Å². The summed E-state index contributed by atoms with van der Waals surface area (Å²) in [6.07, 6.45) is 2.94. The van der Waals surface area contributed by atoms with E-state index < -0.39 is 0 Å². The van der Waals surface area contributed by atoms with Gasteiger partial charge < -0.3 is 15.1 Å². The molecule has 1 aromatic rings. The van der Waals surface area contributed by atoms with Crippen molar-refractivity contribution in [3.05, 3.63) is 23.2 Å². The first-order chi connectivity index (χ1) is 12.9. The Kier molecular flexibility index (Phi) is 7.06. The van der Waals surface area contributed by atoms with Crippen molar-refractivity contribution in [1.82, 2.24) is 10.2 Å². The van der Waals surface area contributed by atoms with Crippen molar-refractivity contribution in [2.75, 3.05) is 36.8 Å². The lowest BCUT2D eigenvalue weighted by atomic mass is 10.0. The van der Waals surface area contributed by atoms with Crippen LogP contribution in [0.15, 0.2) is 23.1 Å². The maximum Gasteiger partial charge on any atom is 0.237 e. The van der Waals surface area contributed by atoms with Crippen molar-refractivity contribution < 1.29 is 9.59 Å². The molecule has 3 rings (SSSR count). The lowest BCUT2D eigenvalue weighted by Crippen LogP contribution is -2.46. The second-order valence-corrected chi connectivity index (χ2v) is 9.03. The van der Waals surface area contributed by atoms with Crippen LogP contribution in [0.2, 0.25) is 5.02 Å². The highest BCUT2D eigenvalue weighted by atomic mass is 35.5. The zero-order valence-corrected chi connectivity index (χ0v) is 17.6. The molecule has 2 aliphatic rings. The highest BCUT2D eigenvalue weighted by Crippen LogP contribution is 2.37. The summed E-state index contributed by atoms with van der Waals surface area (Å²) in [7, 11) is 0. The number of anilines is 1. The van der Waals surface area contributed by atoms with E-state index in [4.69, 9.17) is 11.6 Å². The number of halogens is 1. The number of amides is 2. The van der Waals surface area contributed by atoms with Gasteiger partial charge in [0.1, 0.15) is 0 Å². The van der Waals surface area contributed by atoms with E-state index in [1.165, 1.54) is 0 Å². The summed E-state index contributed by atoms with van der Waals surface area (Å²) < 4.78 is 0. The summed E-state index contributed by atoms with van der Waals surface area (Å²) in [5, 5.41) is 3.85. The van der Waals surface area contributed by atoms with Gasteiger partial charge >= 0.3 is 0 Å². The average Bonchev–Trinajstić information content (AvgIpc) is 2.64. The third kappa shape index (κ3) is 5.39. The molecule has 1 aromatic carbocycles. The fourth-order valence-corrected chi connectivity index (χ4v) is 4.75. The van der Waals surface area contributed by atoms with Gasteiger partial charge in [0.25, 0.3) is 0 Å². The van der Waals surface area contributed by atoms with Crippen molar-refractivity contribution in [3.8, 4) is 0 Å². The number of benzene rings is 1. The lowest BCUT2D eigenvalue weighted by molar-refractivity contribution is -0.125. The van der Waals surface area contributed by atoms with Gasteiger partial charge in [-0.25, -0.2) is 0 Å². The molecule has 5 nitrogen and oxygen atoms in total. The predicted molar refractivity (Wildman–Crippen MR) is 112 cm³/mol. The molecule has 0 saturated carbocycles. The summed E-state index contributed by atoms with van der Waals surface area (Å²) in [5.74, 6) is 0.841. The van der Waals surface area contributed by atoms with Crippen LogP contribution in [0.1, 0.15) is 33.1 Å². The number of likely N-dealkylation sites (tertiary alicyclic amines) is 1. The number of nitrogens with zero attached hydrogens (tertiary/aromatic N) is 2. The number of rotatable bonds is 6. The molecule has 0 atom stereocenters. The second kappa shape index (κ2) is 9.30. The normalized spacial score (nSPS) is 18.7. The fourth-order valence-electron chi connectivity index (χ4n) is 3.54. The van der Waals surface area contributed by atoms with Crippen molar-refractivity contribution in [1.29, 1.82) is 0 Å². The zero-order valence-electron chi connectivity index (χ0n) is 16.0. The lowest BCUT2D eigenvalue weighted by Gasteiger charge is -2.34. The molecule has 2 heterocycles. The van der Waals surface area contributed by atoms with E-state index in [9.17, 15) is 9.59 Å². The topological polar surface area (TPSA) is 52.7 Å². The first-order valence-electron chi connectivity index (χ1n) is 9.69. The Labute approximate surface area is 170 Å². The van der Waals surface area contributed by atoms with E-state index in [1.807, 2.05) is 36.9 Å². The third-order valence-electron chi connectivity index (χ3n) is 5.18. The predicted octanol–water partition coefficient (Wildman–Crippen LogP) is 3.41. The Morgan fingerprint density at radius 2 is 2.04 bits per heavy atom. The minimum absolute atomic E-state index is 0.0426. The quantitative estimate of drug-likeness (QED) is 0.782. The number of carbonyl (C=O) groups excluding carboxylic acids is 2. The summed E-state index contributed by atoms with van der Waals surface area (Å²) in [6, 6.07) is 6.04. The molecule has 0 radical (unpaired) electrons. The molecular weight excluding hydrogens is 382 g/mol. The fraction of sp³-hybridized carbons (Fsp3) is 0.600. The molecular formula is C20H28ClN3O2S. The highest BCUT2D eigenvalue weighted by molar-refractivity contribution is 8.00. The summed E-state index contributed by atoms with van der Waals surface area (Å²) >= 11 is 7.64. The van der Waals surface area contributed by atoms with Crippen molar-refractivity contribution in [2.45, 2.75) is 44.0 Å². The largest absolute Gasteiger partial charge is 0.353 e. The molecule has 0 aliphatic carbocycles. The summed E-state index contributed by atoms with van der Waals surface area (Å²) in [4.78, 5) is 29.6. The molecule has 148 valence electrons. The van der Waals surface area contributed by atoms with Crippen LogP contribution < -0.4 is 10.2 Å². The number of piperidine rings is 1. The van der Waals surface area contributed by atoms with Crippen LogP contribution in [0.4, 0.5) is 5.69 Å². The van der Waals surface area contributed by atoms with Gasteiger partial charge in [0, 0.05) is 41.5 Å². The summed E-state index contributed by atoms with van der Waals surface area (Å²) in [6.45, 7) is 7.56. The monoisotopic (exact) mass is 409 g/mol. The molecule has 0 unspecified atom stereocenters. The molecule has 2 amide bonds. The van der Waals surface area contributed by atoms with E-state index >= 15 is 0 Å². The van der Waals surface area contributed by atoms with Gasteiger partial charge in [-0.3, -0.25) is 9.59 Å². The Morgan fingerprint density at radius 3 is 2.74 bits per heavy atom. The van der Waals surface area contributed by atoms with Gasteiger partial charge in [0.05, 0.1) is 11.4 Å². The van der Waals surface area contributed by atoms with Crippen LogP contribution in [-0.2, 0) is 9.59 Å². The van der Waals surface area contributed by atoms with Crippen LogP contribution in [0.3, 0.4) is 0 Å². The Hall–Kier alpha value is -1.24. The van der Waals surface area contributed by atoms with E-state index in [-0.39, 0.29) is 17.7 Å². The second-order valence-electron chi connectivity index (χ2n) is 7.58. The van der Waals surface area contributed by atoms with Gasteiger partial charge in [0.2, 0.25) is 11.8 Å². The molecule has 1 saturated heterocycles. The maximum atomic E-state index is 12.3. The molecule has 1 fully saturated rings. The number of fused-ring (bicyclic) bond motifs is 1. The minimum Gasteiger partial charge on any atom is -0.353 e. The number of thioether (sulfide) groups is 1. The molecule has 0 spiro atoms. The van der Waals surface area contributed by atoms with E-state index in [0.717, 1.165) is 56.0 Å². The number of hydrogen-bond donors (Lipinski definition) is 1. The van der Waals surface area contributed by atoms with Gasteiger partial charge in [-0.05, 0) is 44.0 Å². The Balaban J connectivity index is 1.45. The van der Waals surface area contributed by atoms with E-state index in [0.29, 0.717) is 16.8 Å². The van der Waals surface area contributed by atoms with Gasteiger partial charge in [-0.1, -0.05) is 25.4 Å². The zero-order chi connectivity index (χ0) is 19.4. The van der Waals surface area contributed by atoms with Crippen LogP contribution in [-0.4, -0.2) is 54.7 Å². The molecule has 7 heteroatoms. The maximum absolute atomic E-state index is 12.3. The molecule has 1 N–H and O–H groups in total. The van der Waals surface area contributed by atoms with E-state index in [2.05, 4.69) is 10.2 Å². The van der Waals surface area contributed by atoms with Crippen molar-refractivity contribution in [3.63, 3.8) is 0 Å². The first kappa shape index (κ1) is 20.5. The number of nitrogens with one attached hydrogen (secondary N) is 1. The highest BCUT2D eigenvalue weighted by Gasteiger charge is 2.25. The minimum atomic E-state index is 0.0426. The third-order valence-corrected chi connectivity index (χ3v) is 6.44. The van der Waals surface area contributed by atoms with E-state index in [1.54, 1.807) is 11.8 Å². The SMILES string of the molecule is CC(C)C(=O)NC1CCN(CCCN2C(=O)CSc3cc(Cl)ccc32)CC1. The van der Waals surface area contributed by atoms with Crippen LogP contribution >= 0.6 is 23.4 Å². The molecule has 0 aromatic heterocycles. The van der Waals surface area contributed by atoms with Crippen LogP contribution in [0, 0.1) is 5.92 Å². The van der Waals surface area contributed by atoms with Crippen LogP contribution in [0.5, 0.6) is 0 Å². The van der Waals surface area contributed by atoms with Gasteiger partial charge in [-0.2, -0.15) is 0 Å². The van der Waals surface area contributed by atoms with Crippen molar-refractivity contribution in [2.24, 2.45) is 5.92 Å². The molecule has 0 bridgehead atoms. The average molecular weight is 410 g/mol. The molecule has 2 aliphatic heterocycles. The smallest absolute Gasteiger partial charge is 0.237 e. The Bertz CT molecular complexity index is 690. The van der Waals surface area contributed by atoms with Gasteiger partial charge in [0.15, 0.2) is 0 Å². The molecule has 27 heavy (non-hydrogen) atoms. The summed E-state index contributed by atoms with van der Waals surface area (Å²) in [5.41, 5.74) is 0.982. The first-order valence-corrected chi connectivity index (χ1v) is 11.1. The number of hydrogen-bond acceptors (Lipinski definition) is 4. The Morgan fingerprint density at radius 1 is 1.30 bits per heavy atom. The van der Waals surface area contributed by atoms with Crippen LogP contribution in [0.25, 0.3) is 0 Å².